The van der Waals surface area contributed by atoms with Crippen LogP contribution in [0, 0.1) is 0 Å². The summed E-state index contributed by atoms with van der Waals surface area (Å²) in [7, 11) is 1.35. The molecule has 0 radical (unpaired) electrons. The summed E-state index contributed by atoms with van der Waals surface area (Å²) in [5.41, 5.74) is 1.37. The van der Waals surface area contributed by atoms with Gasteiger partial charge in [0.15, 0.2) is 0 Å². The van der Waals surface area contributed by atoms with Crippen LogP contribution in [-0.2, 0) is 16.1 Å². The molecule has 0 unspecified atom stereocenters. The van der Waals surface area contributed by atoms with Gasteiger partial charge in [-0.05, 0) is 12.1 Å². The van der Waals surface area contributed by atoms with Crippen molar-refractivity contribution in [1.29, 1.82) is 0 Å². The van der Waals surface area contributed by atoms with E-state index in [1.165, 1.54) is 13.3 Å². The molecule has 0 aliphatic carbocycles. The molecule has 1 amide bonds. The molecule has 0 atom stereocenters. The summed E-state index contributed by atoms with van der Waals surface area (Å²) in [6.45, 7) is 5.54. The Kier molecular flexibility index (Phi) is 4.68. The van der Waals surface area contributed by atoms with Crippen LogP contribution < -0.4 is 0 Å². The minimum absolute atomic E-state index is 0.130. The van der Waals surface area contributed by atoms with E-state index in [2.05, 4.69) is 14.6 Å². The average molecular weight is 277 g/mol. The van der Waals surface area contributed by atoms with E-state index in [1.807, 2.05) is 11.0 Å². The number of ether oxygens (including phenoxy) is 1. The van der Waals surface area contributed by atoms with Crippen molar-refractivity contribution in [2.45, 2.75) is 13.5 Å². The zero-order valence-corrected chi connectivity index (χ0v) is 11.8. The van der Waals surface area contributed by atoms with Gasteiger partial charge in [0.2, 0.25) is 5.91 Å². The summed E-state index contributed by atoms with van der Waals surface area (Å²) in [6, 6.07) is 3.56. The molecular formula is C14H19N3O3. The lowest BCUT2D eigenvalue weighted by molar-refractivity contribution is -0.130. The smallest absolute Gasteiger partial charge is 0.339 e. The number of amides is 1. The van der Waals surface area contributed by atoms with Gasteiger partial charge >= 0.3 is 5.97 Å². The first-order chi connectivity index (χ1) is 9.60. The summed E-state index contributed by atoms with van der Waals surface area (Å²) >= 11 is 0. The minimum atomic E-state index is -0.376. The number of aromatic nitrogens is 1. The highest BCUT2D eigenvalue weighted by atomic mass is 16.5. The highest BCUT2D eigenvalue weighted by Gasteiger charge is 2.18. The standard InChI is InChI=1S/C14H19N3O3/c1-11(18)17-7-5-16(6-8-17)10-13-4-3-12(9-15-13)14(19)20-2/h3-4,9H,5-8,10H2,1-2H3. The van der Waals surface area contributed by atoms with Gasteiger partial charge in [-0.1, -0.05) is 0 Å². The fourth-order valence-corrected chi connectivity index (χ4v) is 2.21. The predicted octanol–water partition coefficient (Wildman–Crippen LogP) is 0.532. The number of carbonyl (C=O) groups excluding carboxylic acids is 2. The molecule has 1 saturated heterocycles. The van der Waals surface area contributed by atoms with E-state index >= 15 is 0 Å². The van der Waals surface area contributed by atoms with Gasteiger partial charge in [-0.3, -0.25) is 14.7 Å². The number of methoxy groups -OCH3 is 1. The Morgan fingerprint density at radius 3 is 2.45 bits per heavy atom. The maximum absolute atomic E-state index is 11.3. The molecular weight excluding hydrogens is 258 g/mol. The van der Waals surface area contributed by atoms with E-state index in [4.69, 9.17) is 0 Å². The van der Waals surface area contributed by atoms with Crippen LogP contribution in [0.15, 0.2) is 18.3 Å². The zero-order valence-electron chi connectivity index (χ0n) is 11.8. The molecule has 0 aromatic carbocycles. The fraction of sp³-hybridized carbons (Fsp3) is 0.500. The van der Waals surface area contributed by atoms with Gasteiger partial charge in [0.05, 0.1) is 18.4 Å². The third-order valence-corrected chi connectivity index (χ3v) is 3.45. The fourth-order valence-electron chi connectivity index (χ4n) is 2.21. The SMILES string of the molecule is COC(=O)c1ccc(CN2CCN(C(C)=O)CC2)nc1. The maximum Gasteiger partial charge on any atom is 0.339 e. The van der Waals surface area contributed by atoms with E-state index in [0.29, 0.717) is 5.56 Å². The van der Waals surface area contributed by atoms with Gasteiger partial charge in [-0.2, -0.15) is 0 Å². The van der Waals surface area contributed by atoms with Crippen molar-refractivity contribution in [3.8, 4) is 0 Å². The molecule has 0 N–H and O–H groups in total. The quantitative estimate of drug-likeness (QED) is 0.754. The molecule has 2 heterocycles. The van der Waals surface area contributed by atoms with Crippen LogP contribution in [0.2, 0.25) is 0 Å². The largest absolute Gasteiger partial charge is 0.465 e. The van der Waals surface area contributed by atoms with Crippen molar-refractivity contribution in [2.75, 3.05) is 33.3 Å². The number of hydrogen-bond donors (Lipinski definition) is 0. The van der Waals surface area contributed by atoms with Crippen LogP contribution >= 0.6 is 0 Å². The van der Waals surface area contributed by atoms with E-state index in [0.717, 1.165) is 38.4 Å². The molecule has 1 fully saturated rings. The molecule has 6 nitrogen and oxygen atoms in total. The number of esters is 1. The molecule has 108 valence electrons. The van der Waals surface area contributed by atoms with Crippen LogP contribution in [0.5, 0.6) is 0 Å². The van der Waals surface area contributed by atoms with E-state index < -0.39 is 0 Å². The molecule has 20 heavy (non-hydrogen) atoms. The van der Waals surface area contributed by atoms with Crippen LogP contribution in [0.25, 0.3) is 0 Å². The van der Waals surface area contributed by atoms with Gasteiger partial charge in [-0.15, -0.1) is 0 Å². The number of carbonyl (C=O) groups is 2. The number of hydrogen-bond acceptors (Lipinski definition) is 5. The Labute approximate surface area is 118 Å². The molecule has 2 rings (SSSR count). The second kappa shape index (κ2) is 6.47. The van der Waals surface area contributed by atoms with E-state index in [-0.39, 0.29) is 11.9 Å². The summed E-state index contributed by atoms with van der Waals surface area (Å²) in [6.07, 6.45) is 1.53. The lowest BCUT2D eigenvalue weighted by atomic mass is 10.2. The van der Waals surface area contributed by atoms with Crippen molar-refractivity contribution >= 4 is 11.9 Å². The summed E-state index contributed by atoms with van der Waals surface area (Å²) in [5, 5.41) is 0. The monoisotopic (exact) mass is 277 g/mol. The molecule has 1 aliphatic heterocycles. The Morgan fingerprint density at radius 2 is 1.95 bits per heavy atom. The lowest BCUT2D eigenvalue weighted by Gasteiger charge is -2.33. The summed E-state index contributed by atoms with van der Waals surface area (Å²) in [5.74, 6) is -0.246. The highest BCUT2D eigenvalue weighted by Crippen LogP contribution is 2.08. The lowest BCUT2D eigenvalue weighted by Crippen LogP contribution is -2.47. The first-order valence-corrected chi connectivity index (χ1v) is 6.61. The second-order valence-electron chi connectivity index (χ2n) is 4.81. The normalized spacial score (nSPS) is 16.0. The second-order valence-corrected chi connectivity index (χ2v) is 4.81. The molecule has 0 spiro atoms. The van der Waals surface area contributed by atoms with Crippen molar-refractivity contribution in [3.05, 3.63) is 29.6 Å². The molecule has 0 saturated carbocycles. The highest BCUT2D eigenvalue weighted by molar-refractivity contribution is 5.88. The number of rotatable bonds is 3. The van der Waals surface area contributed by atoms with Crippen molar-refractivity contribution in [1.82, 2.24) is 14.8 Å². The molecule has 1 aliphatic rings. The number of pyridine rings is 1. The first-order valence-electron chi connectivity index (χ1n) is 6.61. The third-order valence-electron chi connectivity index (χ3n) is 3.45. The summed E-state index contributed by atoms with van der Waals surface area (Å²) in [4.78, 5) is 30.9. The Bertz CT molecular complexity index is 479. The Hall–Kier alpha value is -1.95. The van der Waals surface area contributed by atoms with Gasteiger partial charge in [0.1, 0.15) is 0 Å². The van der Waals surface area contributed by atoms with Gasteiger partial charge in [0, 0.05) is 45.8 Å². The zero-order chi connectivity index (χ0) is 14.5. The van der Waals surface area contributed by atoms with Gasteiger partial charge in [0.25, 0.3) is 0 Å². The number of piperazine rings is 1. The van der Waals surface area contributed by atoms with E-state index in [9.17, 15) is 9.59 Å². The Balaban J connectivity index is 1.88. The average Bonchev–Trinajstić information content (AvgIpc) is 2.48. The summed E-state index contributed by atoms with van der Waals surface area (Å²) < 4.78 is 4.63. The molecule has 0 bridgehead atoms. The van der Waals surface area contributed by atoms with Crippen LogP contribution in [0.3, 0.4) is 0 Å². The predicted molar refractivity (Wildman–Crippen MR) is 73.1 cm³/mol. The van der Waals surface area contributed by atoms with Gasteiger partial charge in [-0.25, -0.2) is 4.79 Å². The molecule has 1 aromatic rings. The van der Waals surface area contributed by atoms with Crippen LogP contribution in [-0.4, -0.2) is 59.9 Å². The molecule has 1 aromatic heterocycles. The Morgan fingerprint density at radius 1 is 1.25 bits per heavy atom. The molecule has 6 heteroatoms. The van der Waals surface area contributed by atoms with Gasteiger partial charge < -0.3 is 9.64 Å². The third kappa shape index (κ3) is 3.54. The minimum Gasteiger partial charge on any atom is -0.465 e. The van der Waals surface area contributed by atoms with Crippen LogP contribution in [0.1, 0.15) is 23.0 Å². The van der Waals surface area contributed by atoms with Crippen LogP contribution in [0.4, 0.5) is 0 Å². The maximum atomic E-state index is 11.3. The van der Waals surface area contributed by atoms with Crippen molar-refractivity contribution in [2.24, 2.45) is 0 Å². The van der Waals surface area contributed by atoms with E-state index in [1.54, 1.807) is 13.0 Å². The van der Waals surface area contributed by atoms with Crippen molar-refractivity contribution in [3.63, 3.8) is 0 Å². The van der Waals surface area contributed by atoms with Crippen molar-refractivity contribution < 1.29 is 14.3 Å². The topological polar surface area (TPSA) is 62.7 Å². The number of nitrogens with zero attached hydrogens (tertiary/aromatic N) is 3. The first kappa shape index (κ1) is 14.5.